The van der Waals surface area contributed by atoms with E-state index in [0.29, 0.717) is 35.3 Å². The first-order valence-corrected chi connectivity index (χ1v) is 10.7. The first-order chi connectivity index (χ1) is 15.0. The van der Waals surface area contributed by atoms with Crippen LogP contribution in [0.2, 0.25) is 0 Å². The van der Waals surface area contributed by atoms with Crippen LogP contribution in [0.15, 0.2) is 48.8 Å². The number of hydrogen-bond acceptors (Lipinski definition) is 6. The number of aryl methyl sites for hydroxylation is 2. The monoisotopic (exact) mass is 436 g/mol. The second kappa shape index (κ2) is 8.77. The lowest BCUT2D eigenvalue weighted by Crippen LogP contribution is -2.34. The number of rotatable bonds is 7. The predicted molar refractivity (Wildman–Crippen MR) is 123 cm³/mol. The largest absolute Gasteiger partial charge is 0.497 e. The van der Waals surface area contributed by atoms with Gasteiger partial charge in [0.1, 0.15) is 11.5 Å². The Bertz CT molecular complexity index is 1200. The van der Waals surface area contributed by atoms with Crippen molar-refractivity contribution in [2.45, 2.75) is 20.4 Å². The summed E-state index contributed by atoms with van der Waals surface area (Å²) in [5.74, 6) is 0.953. The maximum atomic E-state index is 13.6. The van der Waals surface area contributed by atoms with Crippen LogP contribution in [-0.2, 0) is 6.54 Å². The average Bonchev–Trinajstić information content (AvgIpc) is 3.43. The summed E-state index contributed by atoms with van der Waals surface area (Å²) in [7, 11) is 3.13. The summed E-state index contributed by atoms with van der Waals surface area (Å²) in [6.45, 7) is 5.09. The first kappa shape index (κ1) is 20.9. The number of carbonyl (C=O) groups excluding carboxylic acids is 1. The molecular weight excluding hydrogens is 412 g/mol. The summed E-state index contributed by atoms with van der Waals surface area (Å²) in [4.78, 5) is 20.1. The van der Waals surface area contributed by atoms with Gasteiger partial charge in [0, 0.05) is 30.6 Å². The molecule has 0 fully saturated rings. The van der Waals surface area contributed by atoms with Gasteiger partial charge in [-0.1, -0.05) is 17.4 Å². The second-order valence-electron chi connectivity index (χ2n) is 7.25. The fraction of sp³-hybridized carbons (Fsp3) is 0.261. The van der Waals surface area contributed by atoms with E-state index in [2.05, 4.69) is 24.2 Å². The van der Waals surface area contributed by atoms with Crippen molar-refractivity contribution in [3.8, 4) is 11.5 Å². The van der Waals surface area contributed by atoms with E-state index in [1.807, 2.05) is 19.2 Å². The molecule has 0 bridgehead atoms. The van der Waals surface area contributed by atoms with Crippen molar-refractivity contribution in [3.05, 3.63) is 65.5 Å². The van der Waals surface area contributed by atoms with Crippen molar-refractivity contribution < 1.29 is 14.3 Å². The highest BCUT2D eigenvalue weighted by Gasteiger charge is 2.23. The molecule has 0 N–H and O–H groups in total. The van der Waals surface area contributed by atoms with E-state index in [0.717, 1.165) is 15.8 Å². The van der Waals surface area contributed by atoms with E-state index < -0.39 is 0 Å². The van der Waals surface area contributed by atoms with Gasteiger partial charge in [-0.25, -0.2) is 4.98 Å². The lowest BCUT2D eigenvalue weighted by Gasteiger charge is -2.20. The molecule has 1 amide bonds. The van der Waals surface area contributed by atoms with Gasteiger partial charge in [-0.2, -0.15) is 5.10 Å². The Morgan fingerprint density at radius 1 is 1.10 bits per heavy atom. The summed E-state index contributed by atoms with van der Waals surface area (Å²) >= 11 is 1.52. The summed E-state index contributed by atoms with van der Waals surface area (Å²) in [6.07, 6.45) is 3.60. The maximum absolute atomic E-state index is 13.6. The van der Waals surface area contributed by atoms with Crippen molar-refractivity contribution in [1.82, 2.24) is 14.8 Å². The van der Waals surface area contributed by atoms with Gasteiger partial charge >= 0.3 is 0 Å². The molecule has 0 atom stereocenters. The van der Waals surface area contributed by atoms with E-state index in [-0.39, 0.29) is 5.91 Å². The third-order valence-corrected chi connectivity index (χ3v) is 6.03. The quantitative estimate of drug-likeness (QED) is 0.427. The van der Waals surface area contributed by atoms with Crippen LogP contribution >= 0.6 is 11.3 Å². The Labute approximate surface area is 184 Å². The molecule has 0 aliphatic carbocycles. The van der Waals surface area contributed by atoms with Crippen LogP contribution in [0.25, 0.3) is 10.2 Å². The van der Waals surface area contributed by atoms with Gasteiger partial charge in [0.05, 0.1) is 31.0 Å². The Morgan fingerprint density at radius 3 is 2.48 bits per heavy atom. The highest BCUT2D eigenvalue weighted by atomic mass is 32.1. The van der Waals surface area contributed by atoms with E-state index in [1.165, 1.54) is 16.9 Å². The molecule has 0 spiro atoms. The Kier molecular flexibility index (Phi) is 5.90. The predicted octanol–water partition coefficient (Wildman–Crippen LogP) is 4.47. The highest BCUT2D eigenvalue weighted by Crippen LogP contribution is 2.33. The van der Waals surface area contributed by atoms with Crippen molar-refractivity contribution in [3.63, 3.8) is 0 Å². The number of amides is 1. The van der Waals surface area contributed by atoms with Gasteiger partial charge in [-0.3, -0.25) is 14.4 Å². The van der Waals surface area contributed by atoms with Crippen molar-refractivity contribution >= 4 is 32.6 Å². The number of methoxy groups -OCH3 is 2. The van der Waals surface area contributed by atoms with E-state index in [1.54, 1.807) is 48.2 Å². The van der Waals surface area contributed by atoms with Crippen molar-refractivity contribution in [2.24, 2.45) is 0 Å². The van der Waals surface area contributed by atoms with E-state index in [9.17, 15) is 4.79 Å². The fourth-order valence-electron chi connectivity index (χ4n) is 3.48. The fourth-order valence-corrected chi connectivity index (χ4v) is 4.65. The molecule has 0 unspecified atom stereocenters. The molecule has 4 rings (SSSR count). The minimum absolute atomic E-state index is 0.169. The number of hydrogen-bond donors (Lipinski definition) is 0. The normalized spacial score (nSPS) is 11.0. The standard InChI is InChI=1S/C23H24N4O3S/c1-15-10-16(2)21-20(11-15)31-23(25-21)27(9-8-26-7-5-6-24-26)22(28)17-12-18(29-3)14-19(13-17)30-4/h5-7,10-14H,8-9H2,1-4H3. The molecule has 0 aliphatic heterocycles. The number of fused-ring (bicyclic) bond motifs is 1. The molecule has 2 aromatic carbocycles. The molecule has 31 heavy (non-hydrogen) atoms. The highest BCUT2D eigenvalue weighted by molar-refractivity contribution is 7.22. The van der Waals surface area contributed by atoms with Crippen LogP contribution in [0.3, 0.4) is 0 Å². The summed E-state index contributed by atoms with van der Waals surface area (Å²) in [6, 6.07) is 11.3. The van der Waals surface area contributed by atoms with E-state index in [4.69, 9.17) is 14.5 Å². The van der Waals surface area contributed by atoms with Gasteiger partial charge in [0.25, 0.3) is 5.91 Å². The summed E-state index contributed by atoms with van der Waals surface area (Å²) < 4.78 is 13.6. The molecule has 2 heterocycles. The molecule has 160 valence electrons. The zero-order valence-electron chi connectivity index (χ0n) is 18.0. The maximum Gasteiger partial charge on any atom is 0.260 e. The van der Waals surface area contributed by atoms with Gasteiger partial charge in [0.15, 0.2) is 5.13 Å². The van der Waals surface area contributed by atoms with Crippen molar-refractivity contribution in [1.29, 1.82) is 0 Å². The number of thiazole rings is 1. The average molecular weight is 437 g/mol. The summed E-state index contributed by atoms with van der Waals surface area (Å²) in [5, 5.41) is 4.91. The smallest absolute Gasteiger partial charge is 0.260 e. The number of aromatic nitrogens is 3. The van der Waals surface area contributed by atoms with E-state index >= 15 is 0 Å². The molecule has 2 aromatic heterocycles. The molecular formula is C23H24N4O3S. The molecule has 4 aromatic rings. The molecule has 0 saturated carbocycles. The van der Waals surface area contributed by atoms with Gasteiger partial charge in [-0.15, -0.1) is 0 Å². The molecule has 0 aliphatic rings. The Balaban J connectivity index is 1.75. The minimum Gasteiger partial charge on any atom is -0.497 e. The van der Waals surface area contributed by atoms with Gasteiger partial charge in [0.2, 0.25) is 0 Å². The van der Waals surface area contributed by atoms with Crippen LogP contribution in [0.1, 0.15) is 21.5 Å². The minimum atomic E-state index is -0.169. The number of benzene rings is 2. The Hall–Kier alpha value is -3.39. The van der Waals surface area contributed by atoms with Crippen LogP contribution in [0.4, 0.5) is 5.13 Å². The molecule has 8 heteroatoms. The molecule has 7 nitrogen and oxygen atoms in total. The Morgan fingerprint density at radius 2 is 1.84 bits per heavy atom. The summed E-state index contributed by atoms with van der Waals surface area (Å²) in [5.41, 5.74) is 3.67. The topological polar surface area (TPSA) is 69.5 Å². The van der Waals surface area contributed by atoms with Crippen LogP contribution < -0.4 is 14.4 Å². The first-order valence-electron chi connectivity index (χ1n) is 9.88. The van der Waals surface area contributed by atoms with Gasteiger partial charge < -0.3 is 9.47 Å². The number of anilines is 1. The lowest BCUT2D eigenvalue weighted by atomic mass is 10.1. The third-order valence-electron chi connectivity index (χ3n) is 5.00. The zero-order valence-corrected chi connectivity index (χ0v) is 18.8. The number of nitrogens with zero attached hydrogens (tertiary/aromatic N) is 4. The molecule has 0 saturated heterocycles. The van der Waals surface area contributed by atoms with Crippen LogP contribution in [-0.4, -0.2) is 41.4 Å². The molecule has 0 radical (unpaired) electrons. The third kappa shape index (κ3) is 4.39. The number of carbonyl (C=O) groups is 1. The van der Waals surface area contributed by atoms with Crippen LogP contribution in [0, 0.1) is 13.8 Å². The van der Waals surface area contributed by atoms with Crippen LogP contribution in [0.5, 0.6) is 11.5 Å². The second-order valence-corrected chi connectivity index (χ2v) is 8.26. The van der Waals surface area contributed by atoms with Crippen molar-refractivity contribution in [2.75, 3.05) is 25.7 Å². The van der Waals surface area contributed by atoms with Gasteiger partial charge in [-0.05, 0) is 49.2 Å². The lowest BCUT2D eigenvalue weighted by molar-refractivity contribution is 0.0985. The zero-order chi connectivity index (χ0) is 22.0. The SMILES string of the molecule is COc1cc(OC)cc(C(=O)N(CCn2cccn2)c2nc3c(C)cc(C)cc3s2)c1. The number of ether oxygens (including phenoxy) is 2.